The SMILES string of the molecule is CC1CCN(S(=O)(=O)c2ccc(CCCCl)cc2)CC1O. The van der Waals surface area contributed by atoms with Crippen molar-refractivity contribution in [3.8, 4) is 0 Å². The number of rotatable bonds is 5. The molecule has 4 nitrogen and oxygen atoms in total. The molecule has 1 aliphatic rings. The lowest BCUT2D eigenvalue weighted by Gasteiger charge is -2.33. The lowest BCUT2D eigenvalue weighted by Crippen LogP contribution is -2.45. The van der Waals surface area contributed by atoms with Gasteiger partial charge in [-0.25, -0.2) is 8.42 Å². The Morgan fingerprint density at radius 3 is 2.57 bits per heavy atom. The van der Waals surface area contributed by atoms with Gasteiger partial charge in [0.2, 0.25) is 10.0 Å². The lowest BCUT2D eigenvalue weighted by atomic mass is 9.98. The van der Waals surface area contributed by atoms with Gasteiger partial charge in [-0.15, -0.1) is 11.6 Å². The predicted molar refractivity (Wildman–Crippen MR) is 84.0 cm³/mol. The number of aryl methyl sites for hydroxylation is 1. The smallest absolute Gasteiger partial charge is 0.243 e. The first kappa shape index (κ1) is 16.7. The van der Waals surface area contributed by atoms with E-state index in [2.05, 4.69) is 0 Å². The molecule has 21 heavy (non-hydrogen) atoms. The first-order chi connectivity index (χ1) is 9.95. The molecule has 0 radical (unpaired) electrons. The number of hydrogen-bond donors (Lipinski definition) is 1. The Hall–Kier alpha value is -0.620. The van der Waals surface area contributed by atoms with E-state index in [-0.39, 0.29) is 12.5 Å². The van der Waals surface area contributed by atoms with Crippen molar-refractivity contribution in [3.05, 3.63) is 29.8 Å². The zero-order valence-corrected chi connectivity index (χ0v) is 13.8. The molecule has 1 fully saturated rings. The minimum atomic E-state index is -3.51. The fourth-order valence-electron chi connectivity index (χ4n) is 2.49. The highest BCUT2D eigenvalue weighted by Crippen LogP contribution is 2.24. The van der Waals surface area contributed by atoms with Crippen molar-refractivity contribution in [2.45, 2.75) is 37.2 Å². The number of benzene rings is 1. The van der Waals surface area contributed by atoms with Gasteiger partial charge in [-0.1, -0.05) is 19.1 Å². The Labute approximate surface area is 131 Å². The van der Waals surface area contributed by atoms with E-state index in [1.54, 1.807) is 12.1 Å². The predicted octanol–water partition coefficient (Wildman–Crippen LogP) is 2.25. The van der Waals surface area contributed by atoms with Crippen LogP contribution in [0.5, 0.6) is 0 Å². The van der Waals surface area contributed by atoms with Crippen LogP contribution < -0.4 is 0 Å². The van der Waals surface area contributed by atoms with Gasteiger partial charge in [0.05, 0.1) is 11.0 Å². The van der Waals surface area contributed by atoms with Crippen molar-refractivity contribution in [2.24, 2.45) is 5.92 Å². The maximum absolute atomic E-state index is 12.6. The molecule has 0 amide bonds. The summed E-state index contributed by atoms with van der Waals surface area (Å²) in [7, 11) is -3.51. The van der Waals surface area contributed by atoms with Crippen molar-refractivity contribution in [2.75, 3.05) is 19.0 Å². The van der Waals surface area contributed by atoms with Gasteiger partial charge in [-0.05, 0) is 42.9 Å². The third kappa shape index (κ3) is 3.97. The standard InChI is InChI=1S/C15H22ClNO3S/c1-12-8-10-17(11-15(12)18)21(19,20)14-6-4-13(5-7-14)3-2-9-16/h4-7,12,15,18H,2-3,8-11H2,1H3. The van der Waals surface area contributed by atoms with Crippen LogP contribution in [0.2, 0.25) is 0 Å². The average molecular weight is 332 g/mol. The summed E-state index contributed by atoms with van der Waals surface area (Å²) in [5.74, 6) is 0.749. The molecule has 6 heteroatoms. The Balaban J connectivity index is 2.12. The summed E-state index contributed by atoms with van der Waals surface area (Å²) >= 11 is 5.66. The van der Waals surface area contributed by atoms with Crippen molar-refractivity contribution >= 4 is 21.6 Å². The Morgan fingerprint density at radius 2 is 2.00 bits per heavy atom. The third-order valence-corrected chi connectivity index (χ3v) is 6.19. The molecule has 0 aliphatic carbocycles. The normalized spacial score (nSPS) is 24.1. The van der Waals surface area contributed by atoms with Crippen molar-refractivity contribution in [1.82, 2.24) is 4.31 Å². The molecule has 1 aromatic carbocycles. The number of β-amino-alcohol motifs (C(OH)–C–C–N with tert-alkyl or cyclic N) is 1. The molecule has 118 valence electrons. The maximum atomic E-state index is 12.6. The number of hydrogen-bond acceptors (Lipinski definition) is 3. The van der Waals surface area contributed by atoms with Crippen LogP contribution in [0.15, 0.2) is 29.2 Å². The van der Waals surface area contributed by atoms with E-state index in [0.717, 1.165) is 18.4 Å². The molecule has 0 saturated carbocycles. The number of aliphatic hydroxyl groups excluding tert-OH is 1. The van der Waals surface area contributed by atoms with E-state index >= 15 is 0 Å². The summed E-state index contributed by atoms with van der Waals surface area (Å²) in [6.07, 6.45) is 1.83. The zero-order valence-electron chi connectivity index (χ0n) is 12.2. The summed E-state index contributed by atoms with van der Waals surface area (Å²) in [5.41, 5.74) is 1.09. The van der Waals surface area contributed by atoms with Crippen molar-refractivity contribution in [1.29, 1.82) is 0 Å². The molecule has 1 aromatic rings. The number of halogens is 1. The quantitative estimate of drug-likeness (QED) is 0.842. The second kappa shape index (κ2) is 7.09. The first-order valence-electron chi connectivity index (χ1n) is 7.28. The van der Waals surface area contributed by atoms with Crippen LogP contribution in [-0.4, -0.2) is 42.9 Å². The van der Waals surface area contributed by atoms with Crippen molar-refractivity contribution in [3.63, 3.8) is 0 Å². The fourth-order valence-corrected chi connectivity index (χ4v) is 4.09. The first-order valence-corrected chi connectivity index (χ1v) is 9.25. The number of piperidine rings is 1. The van der Waals surface area contributed by atoms with Gasteiger partial charge < -0.3 is 5.11 Å². The summed E-state index contributed by atoms with van der Waals surface area (Å²) in [6, 6.07) is 6.96. The van der Waals surface area contributed by atoms with Gasteiger partial charge in [-0.2, -0.15) is 4.31 Å². The van der Waals surface area contributed by atoms with E-state index in [9.17, 15) is 13.5 Å². The summed E-state index contributed by atoms with van der Waals surface area (Å²) in [6.45, 7) is 2.59. The molecule has 1 aliphatic heterocycles. The second-order valence-electron chi connectivity index (χ2n) is 5.63. The van der Waals surface area contributed by atoms with E-state index in [0.29, 0.717) is 23.7 Å². The molecule has 2 unspecified atom stereocenters. The van der Waals surface area contributed by atoms with Crippen LogP contribution in [-0.2, 0) is 16.4 Å². The second-order valence-corrected chi connectivity index (χ2v) is 7.95. The molecule has 0 bridgehead atoms. The van der Waals surface area contributed by atoms with E-state index in [1.807, 2.05) is 19.1 Å². The lowest BCUT2D eigenvalue weighted by molar-refractivity contribution is 0.0605. The Morgan fingerprint density at radius 1 is 1.33 bits per heavy atom. The molecule has 1 heterocycles. The van der Waals surface area contributed by atoms with Crippen LogP contribution >= 0.6 is 11.6 Å². The van der Waals surface area contributed by atoms with Crippen LogP contribution in [0.25, 0.3) is 0 Å². The van der Waals surface area contributed by atoms with Gasteiger partial charge in [0.15, 0.2) is 0 Å². The zero-order chi connectivity index (χ0) is 15.5. The largest absolute Gasteiger partial charge is 0.391 e. The number of sulfonamides is 1. The molecule has 1 saturated heterocycles. The van der Waals surface area contributed by atoms with E-state index in [4.69, 9.17) is 11.6 Å². The number of nitrogens with zero attached hydrogens (tertiary/aromatic N) is 1. The fraction of sp³-hybridized carbons (Fsp3) is 0.600. The summed E-state index contributed by atoms with van der Waals surface area (Å²) < 4.78 is 26.5. The minimum absolute atomic E-state index is 0.148. The maximum Gasteiger partial charge on any atom is 0.243 e. The third-order valence-electron chi connectivity index (χ3n) is 4.04. The molecule has 0 aromatic heterocycles. The average Bonchev–Trinajstić information content (AvgIpc) is 2.48. The van der Waals surface area contributed by atoms with Crippen molar-refractivity contribution < 1.29 is 13.5 Å². The van der Waals surface area contributed by atoms with Crippen LogP contribution in [0.3, 0.4) is 0 Å². The van der Waals surface area contributed by atoms with Gasteiger partial charge in [0.1, 0.15) is 0 Å². The van der Waals surface area contributed by atoms with Crippen LogP contribution in [0, 0.1) is 5.92 Å². The van der Waals surface area contributed by atoms with Crippen LogP contribution in [0.1, 0.15) is 25.3 Å². The summed E-state index contributed by atoms with van der Waals surface area (Å²) in [4.78, 5) is 0.291. The highest BCUT2D eigenvalue weighted by Gasteiger charge is 2.32. The van der Waals surface area contributed by atoms with Crippen LogP contribution in [0.4, 0.5) is 0 Å². The van der Waals surface area contributed by atoms with Gasteiger partial charge in [-0.3, -0.25) is 0 Å². The molecule has 0 spiro atoms. The molecular formula is C15H22ClNO3S. The molecular weight excluding hydrogens is 310 g/mol. The highest BCUT2D eigenvalue weighted by molar-refractivity contribution is 7.89. The Bertz CT molecular complexity index is 559. The monoisotopic (exact) mass is 331 g/mol. The number of aliphatic hydroxyl groups is 1. The van der Waals surface area contributed by atoms with Gasteiger partial charge in [0.25, 0.3) is 0 Å². The minimum Gasteiger partial charge on any atom is -0.391 e. The molecule has 2 rings (SSSR count). The summed E-state index contributed by atoms with van der Waals surface area (Å²) in [5, 5.41) is 9.88. The molecule has 1 N–H and O–H groups in total. The van der Waals surface area contributed by atoms with E-state index < -0.39 is 16.1 Å². The molecule has 2 atom stereocenters. The highest BCUT2D eigenvalue weighted by atomic mass is 35.5. The van der Waals surface area contributed by atoms with Gasteiger partial charge in [0, 0.05) is 19.0 Å². The number of alkyl halides is 1. The topological polar surface area (TPSA) is 57.6 Å². The van der Waals surface area contributed by atoms with Gasteiger partial charge >= 0.3 is 0 Å². The van der Waals surface area contributed by atoms with E-state index in [1.165, 1.54) is 4.31 Å². The Kier molecular flexibility index (Phi) is 5.66.